The first-order valence-corrected chi connectivity index (χ1v) is 14.7. The Bertz CT molecular complexity index is 1400. The lowest BCUT2D eigenvalue weighted by molar-refractivity contribution is -0.141. The fraction of sp³-hybridized carbons (Fsp3) is 0.310. The van der Waals surface area contributed by atoms with E-state index in [0.29, 0.717) is 6.42 Å². The molecule has 10 heteroatoms. The first kappa shape index (κ1) is 30.5. The maximum Gasteiger partial charge on any atom is 0.264 e. The van der Waals surface area contributed by atoms with Gasteiger partial charge in [-0.2, -0.15) is 0 Å². The van der Waals surface area contributed by atoms with Crippen molar-refractivity contribution >= 4 is 50.7 Å². The molecule has 0 bridgehead atoms. The number of nitrogens with zero attached hydrogens (tertiary/aromatic N) is 2. The van der Waals surface area contributed by atoms with E-state index in [0.717, 1.165) is 9.87 Å². The van der Waals surface area contributed by atoms with Gasteiger partial charge in [-0.05, 0) is 63.1 Å². The molecule has 39 heavy (non-hydrogen) atoms. The van der Waals surface area contributed by atoms with Gasteiger partial charge in [0, 0.05) is 17.1 Å². The summed E-state index contributed by atoms with van der Waals surface area (Å²) in [5, 5.41) is 3.31. The number of benzene rings is 3. The summed E-state index contributed by atoms with van der Waals surface area (Å²) in [4.78, 5) is 28.8. The molecule has 0 saturated carbocycles. The van der Waals surface area contributed by atoms with Crippen LogP contribution in [0.2, 0.25) is 10.0 Å². The highest BCUT2D eigenvalue weighted by atomic mass is 35.5. The first-order valence-electron chi connectivity index (χ1n) is 12.5. The number of carbonyl (C=O) groups is 2. The summed E-state index contributed by atoms with van der Waals surface area (Å²) in [7, 11) is -4.23. The van der Waals surface area contributed by atoms with Crippen LogP contribution in [0, 0.1) is 0 Å². The average molecular weight is 591 g/mol. The Labute approximate surface area is 240 Å². The van der Waals surface area contributed by atoms with Crippen LogP contribution in [0.5, 0.6) is 0 Å². The van der Waals surface area contributed by atoms with Gasteiger partial charge in [0.2, 0.25) is 11.8 Å². The summed E-state index contributed by atoms with van der Waals surface area (Å²) < 4.78 is 28.6. The van der Waals surface area contributed by atoms with Gasteiger partial charge < -0.3 is 10.2 Å². The van der Waals surface area contributed by atoms with Crippen LogP contribution in [0.3, 0.4) is 0 Å². The van der Waals surface area contributed by atoms with Crippen molar-refractivity contribution in [3.05, 3.63) is 94.5 Å². The molecule has 3 rings (SSSR count). The van der Waals surface area contributed by atoms with Crippen LogP contribution in [0.1, 0.15) is 39.7 Å². The highest BCUT2D eigenvalue weighted by Crippen LogP contribution is 2.33. The smallest absolute Gasteiger partial charge is 0.264 e. The van der Waals surface area contributed by atoms with Crippen LogP contribution < -0.4 is 9.62 Å². The van der Waals surface area contributed by atoms with E-state index in [1.807, 2.05) is 58.0 Å². The van der Waals surface area contributed by atoms with E-state index in [9.17, 15) is 18.0 Å². The minimum Gasteiger partial charge on any atom is -0.350 e. The largest absolute Gasteiger partial charge is 0.350 e. The van der Waals surface area contributed by atoms with Crippen molar-refractivity contribution in [3.8, 4) is 0 Å². The van der Waals surface area contributed by atoms with Gasteiger partial charge in [0.15, 0.2) is 0 Å². The lowest BCUT2D eigenvalue weighted by atomic mass is 10.1. The van der Waals surface area contributed by atoms with Crippen LogP contribution in [0.25, 0.3) is 0 Å². The zero-order chi connectivity index (χ0) is 28.8. The zero-order valence-corrected chi connectivity index (χ0v) is 24.7. The molecule has 0 aromatic heterocycles. The van der Waals surface area contributed by atoms with E-state index in [2.05, 4.69) is 5.32 Å². The van der Waals surface area contributed by atoms with E-state index in [-0.39, 0.29) is 33.1 Å². The molecule has 0 aliphatic heterocycles. The van der Waals surface area contributed by atoms with Crippen molar-refractivity contribution in [2.45, 2.75) is 57.1 Å². The highest BCUT2D eigenvalue weighted by molar-refractivity contribution is 7.92. The van der Waals surface area contributed by atoms with Gasteiger partial charge in [0.1, 0.15) is 12.6 Å². The summed E-state index contributed by atoms with van der Waals surface area (Å²) in [6.45, 7) is 6.90. The summed E-state index contributed by atoms with van der Waals surface area (Å²) >= 11 is 12.6. The molecule has 2 amide bonds. The maximum absolute atomic E-state index is 14.0. The van der Waals surface area contributed by atoms with Crippen LogP contribution in [-0.2, 0) is 26.2 Å². The van der Waals surface area contributed by atoms with Crippen molar-refractivity contribution in [1.82, 2.24) is 10.2 Å². The number of sulfonamides is 1. The van der Waals surface area contributed by atoms with Crippen LogP contribution >= 0.6 is 23.2 Å². The Morgan fingerprint density at radius 3 is 2.08 bits per heavy atom. The van der Waals surface area contributed by atoms with Gasteiger partial charge in [0.05, 0.1) is 15.6 Å². The summed E-state index contributed by atoms with van der Waals surface area (Å²) in [5.41, 5.74) is 0.336. The number of nitrogens with one attached hydrogen (secondary N) is 1. The normalized spacial score (nSPS) is 12.5. The number of halogens is 2. The number of rotatable bonds is 10. The molecule has 0 saturated heterocycles. The van der Waals surface area contributed by atoms with Crippen molar-refractivity contribution in [2.75, 3.05) is 10.8 Å². The molecule has 208 valence electrons. The molecule has 0 unspecified atom stereocenters. The molecule has 0 heterocycles. The molecule has 1 atom stereocenters. The van der Waals surface area contributed by atoms with Gasteiger partial charge in [-0.25, -0.2) is 8.42 Å². The fourth-order valence-electron chi connectivity index (χ4n) is 4.06. The molecular formula is C29H33Cl2N3O4S. The van der Waals surface area contributed by atoms with E-state index in [4.69, 9.17) is 23.2 Å². The second kappa shape index (κ2) is 12.9. The van der Waals surface area contributed by atoms with Crippen molar-refractivity contribution in [3.63, 3.8) is 0 Å². The lowest BCUT2D eigenvalue weighted by Crippen LogP contribution is -2.55. The van der Waals surface area contributed by atoms with Crippen LogP contribution in [-0.4, -0.2) is 43.3 Å². The SMILES string of the molecule is CC[C@H](C(=O)NC(C)(C)C)N(Cc1ccccc1)C(=O)CN(c1cc(Cl)ccc1Cl)S(=O)(=O)c1ccccc1. The minimum absolute atomic E-state index is 0.0130. The molecule has 0 spiro atoms. The van der Waals surface area contributed by atoms with Gasteiger partial charge in [0.25, 0.3) is 10.0 Å². The second-order valence-electron chi connectivity index (χ2n) is 10.1. The molecular weight excluding hydrogens is 557 g/mol. The van der Waals surface area contributed by atoms with Crippen LogP contribution in [0.15, 0.2) is 83.8 Å². The number of hydrogen-bond acceptors (Lipinski definition) is 4. The summed E-state index contributed by atoms with van der Waals surface area (Å²) in [5.74, 6) is -0.891. The van der Waals surface area contributed by atoms with Gasteiger partial charge in [-0.3, -0.25) is 13.9 Å². The Balaban J connectivity index is 2.09. The predicted octanol–water partition coefficient (Wildman–Crippen LogP) is 5.91. The predicted molar refractivity (Wildman–Crippen MR) is 156 cm³/mol. The molecule has 3 aromatic rings. The topological polar surface area (TPSA) is 86.8 Å². The van der Waals surface area contributed by atoms with Crippen molar-refractivity contribution in [1.29, 1.82) is 0 Å². The Morgan fingerprint density at radius 2 is 1.51 bits per heavy atom. The van der Waals surface area contributed by atoms with Gasteiger partial charge >= 0.3 is 0 Å². The Hall–Kier alpha value is -3.07. The third-order valence-corrected chi connectivity index (χ3v) is 8.20. The van der Waals surface area contributed by atoms with Gasteiger partial charge in [-0.1, -0.05) is 78.7 Å². The molecule has 0 aliphatic rings. The molecule has 0 radical (unpaired) electrons. The minimum atomic E-state index is -4.23. The van der Waals surface area contributed by atoms with E-state index in [1.54, 1.807) is 18.2 Å². The third-order valence-electron chi connectivity index (χ3n) is 5.87. The monoisotopic (exact) mass is 589 g/mol. The number of carbonyl (C=O) groups excluding carboxylic acids is 2. The number of anilines is 1. The summed E-state index contributed by atoms with van der Waals surface area (Å²) in [6, 6.07) is 20.6. The third kappa shape index (κ3) is 7.97. The Morgan fingerprint density at radius 1 is 0.923 bits per heavy atom. The van der Waals surface area contributed by atoms with Crippen molar-refractivity contribution < 1.29 is 18.0 Å². The van der Waals surface area contributed by atoms with E-state index >= 15 is 0 Å². The van der Waals surface area contributed by atoms with E-state index < -0.39 is 34.1 Å². The second-order valence-corrected chi connectivity index (χ2v) is 12.8. The molecule has 7 nitrogen and oxygen atoms in total. The molecule has 1 N–H and O–H groups in total. The fourth-order valence-corrected chi connectivity index (χ4v) is 5.94. The van der Waals surface area contributed by atoms with Crippen molar-refractivity contribution in [2.24, 2.45) is 0 Å². The standard InChI is InChI=1S/C29H33Cl2N3O4S/c1-5-25(28(36)32-29(2,3)4)33(19-21-12-8-6-9-13-21)27(35)20-34(26-18-22(30)16-17-24(26)31)39(37,38)23-14-10-7-11-15-23/h6-18,25H,5,19-20H2,1-4H3,(H,32,36)/t25-/m1/s1. The highest BCUT2D eigenvalue weighted by Gasteiger charge is 2.35. The molecule has 3 aromatic carbocycles. The molecule has 0 fully saturated rings. The number of amides is 2. The summed E-state index contributed by atoms with van der Waals surface area (Å²) in [6.07, 6.45) is 0.323. The lowest BCUT2D eigenvalue weighted by Gasteiger charge is -2.35. The average Bonchev–Trinajstić information content (AvgIpc) is 2.88. The maximum atomic E-state index is 14.0. The van der Waals surface area contributed by atoms with Gasteiger partial charge in [-0.15, -0.1) is 0 Å². The zero-order valence-electron chi connectivity index (χ0n) is 22.4. The first-order chi connectivity index (χ1) is 18.3. The van der Waals surface area contributed by atoms with E-state index in [1.165, 1.54) is 35.2 Å². The quantitative estimate of drug-likeness (QED) is 0.318. The Kier molecular flexibility index (Phi) is 10.0. The number of hydrogen-bond donors (Lipinski definition) is 1. The molecule has 0 aliphatic carbocycles. The van der Waals surface area contributed by atoms with Crippen LogP contribution in [0.4, 0.5) is 5.69 Å².